The number of allylic oxidation sites excluding steroid dienone is 2. The highest BCUT2D eigenvalue weighted by atomic mass is 16.2. The molecule has 4 nitrogen and oxygen atoms in total. The Labute approximate surface area is 145 Å². The number of carbonyl (C=O) groups excluding carboxylic acids is 2. The lowest BCUT2D eigenvalue weighted by molar-refractivity contribution is -0.129. The maximum atomic E-state index is 12.6. The third-order valence-electron chi connectivity index (χ3n) is 5.51. The molecular formula is C20H30N2O2. The minimum atomic E-state index is 0.105. The molecule has 2 amide bonds. The molecule has 1 N–H and O–H groups in total. The number of nitrogens with one attached hydrogen (secondary N) is 1. The lowest BCUT2D eigenvalue weighted by atomic mass is 9.94. The Balaban J connectivity index is 1.48. The number of carbonyl (C=O) groups is 2. The molecule has 1 aliphatic heterocycles. The SMILES string of the molecule is O=C(NC[C@@H]1CCCN(C(=O)C2=CCCCC2)C1)C1=CCCCC1. The van der Waals surface area contributed by atoms with Gasteiger partial charge < -0.3 is 10.2 Å². The Hall–Kier alpha value is -1.58. The van der Waals surface area contributed by atoms with Crippen LogP contribution in [0.15, 0.2) is 23.3 Å². The molecule has 0 aromatic heterocycles. The predicted octanol–water partition coefficient (Wildman–Crippen LogP) is 3.34. The largest absolute Gasteiger partial charge is 0.352 e. The summed E-state index contributed by atoms with van der Waals surface area (Å²) < 4.78 is 0. The van der Waals surface area contributed by atoms with Gasteiger partial charge in [0.25, 0.3) is 0 Å². The van der Waals surface area contributed by atoms with Gasteiger partial charge in [-0.1, -0.05) is 12.2 Å². The van der Waals surface area contributed by atoms with Crippen LogP contribution in [0.3, 0.4) is 0 Å². The van der Waals surface area contributed by atoms with E-state index in [1.807, 2.05) is 4.90 Å². The molecular weight excluding hydrogens is 300 g/mol. The molecule has 0 unspecified atom stereocenters. The first kappa shape index (κ1) is 17.2. The van der Waals surface area contributed by atoms with E-state index in [2.05, 4.69) is 17.5 Å². The summed E-state index contributed by atoms with van der Waals surface area (Å²) in [7, 11) is 0. The summed E-state index contributed by atoms with van der Waals surface area (Å²) >= 11 is 0. The van der Waals surface area contributed by atoms with Crippen molar-refractivity contribution in [1.82, 2.24) is 10.2 Å². The van der Waals surface area contributed by atoms with E-state index >= 15 is 0 Å². The van der Waals surface area contributed by atoms with Gasteiger partial charge >= 0.3 is 0 Å². The first-order chi connectivity index (χ1) is 11.7. The van der Waals surface area contributed by atoms with Crippen molar-refractivity contribution in [3.8, 4) is 0 Å². The summed E-state index contributed by atoms with van der Waals surface area (Å²) in [6, 6.07) is 0. The second-order valence-corrected chi connectivity index (χ2v) is 7.42. The number of piperidine rings is 1. The number of rotatable bonds is 4. The zero-order valence-electron chi connectivity index (χ0n) is 14.7. The van der Waals surface area contributed by atoms with Crippen LogP contribution < -0.4 is 5.32 Å². The van der Waals surface area contributed by atoms with E-state index in [0.717, 1.165) is 75.6 Å². The molecule has 0 aromatic rings. The number of likely N-dealkylation sites (tertiary alicyclic amines) is 1. The van der Waals surface area contributed by atoms with E-state index in [1.165, 1.54) is 12.8 Å². The summed E-state index contributed by atoms with van der Waals surface area (Å²) in [4.78, 5) is 26.9. The average molecular weight is 330 g/mol. The molecule has 0 aromatic carbocycles. The maximum absolute atomic E-state index is 12.6. The number of amides is 2. The molecule has 1 heterocycles. The number of hydrogen-bond donors (Lipinski definition) is 1. The molecule has 0 bridgehead atoms. The molecule has 0 saturated carbocycles. The summed E-state index contributed by atoms with van der Waals surface area (Å²) in [6.45, 7) is 2.35. The number of hydrogen-bond acceptors (Lipinski definition) is 2. The zero-order chi connectivity index (χ0) is 16.8. The first-order valence-electron chi connectivity index (χ1n) is 9.69. The Bertz CT molecular complexity index is 536. The van der Waals surface area contributed by atoms with Gasteiger partial charge in [0.05, 0.1) is 0 Å². The quantitative estimate of drug-likeness (QED) is 0.859. The van der Waals surface area contributed by atoms with Gasteiger partial charge in [-0.25, -0.2) is 0 Å². The smallest absolute Gasteiger partial charge is 0.249 e. The second-order valence-electron chi connectivity index (χ2n) is 7.42. The van der Waals surface area contributed by atoms with Gasteiger partial charge in [-0.05, 0) is 70.1 Å². The summed E-state index contributed by atoms with van der Waals surface area (Å²) in [5.74, 6) is 0.730. The minimum Gasteiger partial charge on any atom is -0.352 e. The molecule has 3 aliphatic rings. The summed E-state index contributed by atoms with van der Waals surface area (Å²) in [6.07, 6.45) is 15.0. The van der Waals surface area contributed by atoms with Crippen LogP contribution in [0, 0.1) is 5.92 Å². The highest BCUT2D eigenvalue weighted by molar-refractivity contribution is 5.94. The lowest BCUT2D eigenvalue weighted by Crippen LogP contribution is -2.44. The standard InChI is InChI=1S/C20H30N2O2/c23-19(17-9-3-1-4-10-17)21-14-16-8-7-13-22(15-16)20(24)18-11-5-2-6-12-18/h9,11,16H,1-8,10,12-15H2,(H,21,23)/t16-/m0/s1. The van der Waals surface area contributed by atoms with Crippen molar-refractivity contribution in [2.75, 3.05) is 19.6 Å². The van der Waals surface area contributed by atoms with Crippen LogP contribution >= 0.6 is 0 Å². The second kappa shape index (κ2) is 8.50. The predicted molar refractivity (Wildman–Crippen MR) is 95.4 cm³/mol. The van der Waals surface area contributed by atoms with E-state index < -0.39 is 0 Å². The molecule has 1 fully saturated rings. The van der Waals surface area contributed by atoms with Crippen LogP contribution in [0.25, 0.3) is 0 Å². The third kappa shape index (κ3) is 4.49. The Morgan fingerprint density at radius 2 is 1.71 bits per heavy atom. The van der Waals surface area contributed by atoms with Crippen molar-refractivity contribution < 1.29 is 9.59 Å². The molecule has 1 atom stereocenters. The fourth-order valence-corrected chi connectivity index (χ4v) is 4.05. The summed E-state index contributed by atoms with van der Waals surface area (Å²) in [5.41, 5.74) is 1.97. The molecule has 0 radical (unpaired) electrons. The highest BCUT2D eigenvalue weighted by Crippen LogP contribution is 2.23. The van der Waals surface area contributed by atoms with Gasteiger partial charge in [0.15, 0.2) is 0 Å². The van der Waals surface area contributed by atoms with Gasteiger partial charge in [0.2, 0.25) is 11.8 Å². The van der Waals surface area contributed by atoms with Crippen molar-refractivity contribution >= 4 is 11.8 Å². The molecule has 2 aliphatic carbocycles. The number of nitrogens with zero attached hydrogens (tertiary/aromatic N) is 1. The Morgan fingerprint density at radius 3 is 2.38 bits per heavy atom. The fraction of sp³-hybridized carbons (Fsp3) is 0.700. The summed E-state index contributed by atoms with van der Waals surface area (Å²) in [5, 5.41) is 3.10. The Kier molecular flexibility index (Phi) is 6.11. The third-order valence-corrected chi connectivity index (χ3v) is 5.51. The Morgan fingerprint density at radius 1 is 1.00 bits per heavy atom. The van der Waals surface area contributed by atoms with Gasteiger partial charge in [-0.15, -0.1) is 0 Å². The van der Waals surface area contributed by atoms with Crippen LogP contribution in [0.1, 0.15) is 64.2 Å². The van der Waals surface area contributed by atoms with Crippen molar-refractivity contribution in [2.45, 2.75) is 64.2 Å². The lowest BCUT2D eigenvalue weighted by Gasteiger charge is -2.34. The molecule has 132 valence electrons. The van der Waals surface area contributed by atoms with Crippen LogP contribution in [0.4, 0.5) is 0 Å². The van der Waals surface area contributed by atoms with E-state index in [1.54, 1.807) is 0 Å². The van der Waals surface area contributed by atoms with Gasteiger partial charge in [0, 0.05) is 30.8 Å². The monoisotopic (exact) mass is 330 g/mol. The zero-order valence-corrected chi connectivity index (χ0v) is 14.7. The molecule has 4 heteroatoms. The van der Waals surface area contributed by atoms with Crippen LogP contribution in [-0.4, -0.2) is 36.3 Å². The van der Waals surface area contributed by atoms with E-state index in [4.69, 9.17) is 0 Å². The van der Waals surface area contributed by atoms with E-state index in [0.29, 0.717) is 12.5 Å². The van der Waals surface area contributed by atoms with Crippen molar-refractivity contribution in [2.24, 2.45) is 5.92 Å². The first-order valence-corrected chi connectivity index (χ1v) is 9.69. The fourth-order valence-electron chi connectivity index (χ4n) is 4.05. The van der Waals surface area contributed by atoms with Gasteiger partial charge in [-0.2, -0.15) is 0 Å². The highest BCUT2D eigenvalue weighted by Gasteiger charge is 2.26. The van der Waals surface area contributed by atoms with Crippen LogP contribution in [0.2, 0.25) is 0 Å². The minimum absolute atomic E-state index is 0.105. The normalized spacial score (nSPS) is 24.8. The van der Waals surface area contributed by atoms with E-state index in [-0.39, 0.29) is 11.8 Å². The van der Waals surface area contributed by atoms with E-state index in [9.17, 15) is 9.59 Å². The van der Waals surface area contributed by atoms with Crippen molar-refractivity contribution in [1.29, 1.82) is 0 Å². The molecule has 3 rings (SSSR count). The average Bonchev–Trinajstić information content (AvgIpc) is 2.67. The van der Waals surface area contributed by atoms with Crippen molar-refractivity contribution in [3.63, 3.8) is 0 Å². The topological polar surface area (TPSA) is 49.4 Å². The molecule has 0 spiro atoms. The van der Waals surface area contributed by atoms with Crippen LogP contribution in [-0.2, 0) is 9.59 Å². The van der Waals surface area contributed by atoms with Crippen LogP contribution in [0.5, 0.6) is 0 Å². The molecule has 24 heavy (non-hydrogen) atoms. The van der Waals surface area contributed by atoms with Gasteiger partial charge in [-0.3, -0.25) is 9.59 Å². The maximum Gasteiger partial charge on any atom is 0.249 e. The van der Waals surface area contributed by atoms with Gasteiger partial charge in [0.1, 0.15) is 0 Å². The van der Waals surface area contributed by atoms with Crippen molar-refractivity contribution in [3.05, 3.63) is 23.3 Å². The molecule has 1 saturated heterocycles.